The van der Waals surface area contributed by atoms with E-state index in [2.05, 4.69) is 22.3 Å². The van der Waals surface area contributed by atoms with E-state index >= 15 is 0 Å². The van der Waals surface area contributed by atoms with Crippen LogP contribution >= 0.6 is 0 Å². The molecule has 1 spiro atoms. The fourth-order valence-electron chi connectivity index (χ4n) is 3.32. The fraction of sp³-hybridized carbons (Fsp3) is 0.600. The molecule has 2 aliphatic heterocycles. The molecule has 0 radical (unpaired) electrons. The molecule has 1 N–H and O–H groups in total. The van der Waals surface area contributed by atoms with Crippen molar-refractivity contribution >= 4 is 5.69 Å². The predicted octanol–water partition coefficient (Wildman–Crippen LogP) is 1.89. The zero-order chi connectivity index (χ0) is 13.3. The summed E-state index contributed by atoms with van der Waals surface area (Å²) in [6.07, 6.45) is 2.59. The van der Waals surface area contributed by atoms with Crippen molar-refractivity contribution in [1.29, 1.82) is 0 Å². The first-order chi connectivity index (χ1) is 9.26. The van der Waals surface area contributed by atoms with Gasteiger partial charge in [0.25, 0.3) is 0 Å². The van der Waals surface area contributed by atoms with E-state index in [0.29, 0.717) is 5.41 Å². The first-order valence-electron chi connectivity index (χ1n) is 6.94. The molecule has 0 saturated carbocycles. The van der Waals surface area contributed by atoms with E-state index in [9.17, 15) is 0 Å². The van der Waals surface area contributed by atoms with Crippen molar-refractivity contribution in [2.45, 2.75) is 12.8 Å². The third kappa shape index (κ3) is 2.25. The third-order valence-electron chi connectivity index (χ3n) is 4.50. The maximum Gasteiger partial charge on any atom is 0.162 e. The van der Waals surface area contributed by atoms with E-state index in [0.717, 1.165) is 31.1 Å². The van der Waals surface area contributed by atoms with Crippen LogP contribution in [-0.2, 0) is 0 Å². The molecule has 0 aromatic heterocycles. The van der Waals surface area contributed by atoms with E-state index in [1.54, 1.807) is 14.2 Å². The third-order valence-corrected chi connectivity index (χ3v) is 4.50. The van der Waals surface area contributed by atoms with Crippen LogP contribution in [0.2, 0.25) is 0 Å². The smallest absolute Gasteiger partial charge is 0.162 e. The highest BCUT2D eigenvalue weighted by Gasteiger charge is 2.40. The summed E-state index contributed by atoms with van der Waals surface area (Å²) >= 11 is 0. The fourth-order valence-corrected chi connectivity index (χ4v) is 3.32. The largest absolute Gasteiger partial charge is 0.493 e. The van der Waals surface area contributed by atoms with Crippen LogP contribution in [0.4, 0.5) is 5.69 Å². The van der Waals surface area contributed by atoms with Gasteiger partial charge in [0.05, 0.1) is 14.2 Å². The Morgan fingerprint density at radius 1 is 1.16 bits per heavy atom. The lowest BCUT2D eigenvalue weighted by molar-refractivity contribution is 0.354. The molecular formula is C15H22N2O2. The topological polar surface area (TPSA) is 33.7 Å². The summed E-state index contributed by atoms with van der Waals surface area (Å²) in [6, 6.07) is 6.20. The molecule has 2 fully saturated rings. The number of anilines is 1. The summed E-state index contributed by atoms with van der Waals surface area (Å²) in [4.78, 5) is 2.47. The number of methoxy groups -OCH3 is 2. The van der Waals surface area contributed by atoms with Gasteiger partial charge < -0.3 is 19.7 Å². The molecule has 2 saturated heterocycles. The highest BCUT2D eigenvalue weighted by atomic mass is 16.5. The van der Waals surface area contributed by atoms with Gasteiger partial charge in [-0.05, 0) is 31.5 Å². The van der Waals surface area contributed by atoms with Crippen LogP contribution in [0.25, 0.3) is 0 Å². The van der Waals surface area contributed by atoms with Crippen LogP contribution in [0.1, 0.15) is 12.8 Å². The number of benzene rings is 1. The molecule has 0 bridgehead atoms. The van der Waals surface area contributed by atoms with Gasteiger partial charge in [-0.15, -0.1) is 0 Å². The highest BCUT2D eigenvalue weighted by Crippen LogP contribution is 2.40. The molecule has 0 amide bonds. The Labute approximate surface area is 114 Å². The van der Waals surface area contributed by atoms with Crippen molar-refractivity contribution in [3.8, 4) is 11.5 Å². The van der Waals surface area contributed by atoms with Crippen molar-refractivity contribution in [3.63, 3.8) is 0 Å². The van der Waals surface area contributed by atoms with Crippen LogP contribution in [0.15, 0.2) is 18.2 Å². The van der Waals surface area contributed by atoms with Crippen LogP contribution < -0.4 is 19.7 Å². The summed E-state index contributed by atoms with van der Waals surface area (Å²) in [5.74, 6) is 1.60. The van der Waals surface area contributed by atoms with Gasteiger partial charge in [-0.2, -0.15) is 0 Å². The lowest BCUT2D eigenvalue weighted by atomic mass is 9.86. The van der Waals surface area contributed by atoms with E-state index in [1.165, 1.54) is 25.1 Å². The normalized spacial score (nSPS) is 26.1. The lowest BCUT2D eigenvalue weighted by Crippen LogP contribution is -2.29. The van der Waals surface area contributed by atoms with Crippen LogP contribution in [0.3, 0.4) is 0 Å². The predicted molar refractivity (Wildman–Crippen MR) is 76.3 cm³/mol. The summed E-state index contributed by atoms with van der Waals surface area (Å²) in [6.45, 7) is 4.61. The summed E-state index contributed by atoms with van der Waals surface area (Å²) in [7, 11) is 3.36. The minimum atomic E-state index is 0.493. The molecule has 1 aromatic rings. The van der Waals surface area contributed by atoms with Crippen molar-refractivity contribution in [2.75, 3.05) is 45.3 Å². The molecule has 2 heterocycles. The zero-order valence-corrected chi connectivity index (χ0v) is 11.7. The molecular weight excluding hydrogens is 240 g/mol. The van der Waals surface area contributed by atoms with Gasteiger partial charge in [0.1, 0.15) is 0 Å². The first-order valence-corrected chi connectivity index (χ1v) is 6.94. The molecule has 19 heavy (non-hydrogen) atoms. The Kier molecular flexibility index (Phi) is 3.27. The molecule has 2 aliphatic rings. The molecule has 1 aromatic carbocycles. The second-order valence-electron chi connectivity index (χ2n) is 5.64. The van der Waals surface area contributed by atoms with Gasteiger partial charge in [0.2, 0.25) is 0 Å². The van der Waals surface area contributed by atoms with E-state index in [4.69, 9.17) is 9.47 Å². The molecule has 0 aliphatic carbocycles. The molecule has 4 heteroatoms. The highest BCUT2D eigenvalue weighted by molar-refractivity contribution is 5.57. The lowest BCUT2D eigenvalue weighted by Gasteiger charge is -2.24. The number of hydrogen-bond donors (Lipinski definition) is 1. The second-order valence-corrected chi connectivity index (χ2v) is 5.64. The Bertz CT molecular complexity index is 455. The van der Waals surface area contributed by atoms with Gasteiger partial charge >= 0.3 is 0 Å². The van der Waals surface area contributed by atoms with Gasteiger partial charge in [-0.3, -0.25) is 0 Å². The summed E-state index contributed by atoms with van der Waals surface area (Å²) in [5.41, 5.74) is 1.73. The van der Waals surface area contributed by atoms with Gasteiger partial charge in [0, 0.05) is 36.8 Å². The Balaban J connectivity index is 1.79. The number of hydrogen-bond acceptors (Lipinski definition) is 4. The minimum Gasteiger partial charge on any atom is -0.493 e. The Morgan fingerprint density at radius 3 is 2.68 bits per heavy atom. The van der Waals surface area contributed by atoms with Crippen molar-refractivity contribution in [3.05, 3.63) is 18.2 Å². The maximum atomic E-state index is 5.39. The average Bonchev–Trinajstić information content (AvgIpc) is 3.09. The average molecular weight is 262 g/mol. The van der Waals surface area contributed by atoms with Gasteiger partial charge in [-0.25, -0.2) is 0 Å². The molecule has 3 rings (SSSR count). The van der Waals surface area contributed by atoms with E-state index < -0.39 is 0 Å². The molecule has 1 unspecified atom stereocenters. The number of ether oxygens (including phenoxy) is 2. The quantitative estimate of drug-likeness (QED) is 0.902. The van der Waals surface area contributed by atoms with Crippen molar-refractivity contribution < 1.29 is 9.47 Å². The number of nitrogens with one attached hydrogen (secondary N) is 1. The first kappa shape index (κ1) is 12.6. The van der Waals surface area contributed by atoms with Crippen LogP contribution in [0.5, 0.6) is 11.5 Å². The summed E-state index contributed by atoms with van der Waals surface area (Å²) in [5, 5.41) is 3.50. The van der Waals surface area contributed by atoms with E-state index in [1.807, 2.05) is 6.07 Å². The Morgan fingerprint density at radius 2 is 2.00 bits per heavy atom. The van der Waals surface area contributed by atoms with Crippen molar-refractivity contribution in [2.24, 2.45) is 5.41 Å². The van der Waals surface area contributed by atoms with E-state index in [-0.39, 0.29) is 0 Å². The SMILES string of the molecule is COc1ccc(N2CCC3(CCNC3)C2)cc1OC. The molecule has 4 nitrogen and oxygen atoms in total. The standard InChI is InChI=1S/C15H22N2O2/c1-18-13-4-3-12(9-14(13)19-2)17-8-6-15(11-17)5-7-16-10-15/h3-4,9,16H,5-8,10-11H2,1-2H3. The number of nitrogens with zero attached hydrogens (tertiary/aromatic N) is 1. The Hall–Kier alpha value is -1.42. The van der Waals surface area contributed by atoms with Crippen LogP contribution in [0, 0.1) is 5.41 Å². The minimum absolute atomic E-state index is 0.493. The molecule has 104 valence electrons. The summed E-state index contributed by atoms with van der Waals surface area (Å²) < 4.78 is 10.7. The van der Waals surface area contributed by atoms with Crippen molar-refractivity contribution in [1.82, 2.24) is 5.32 Å². The zero-order valence-electron chi connectivity index (χ0n) is 11.7. The second kappa shape index (κ2) is 4.93. The van der Waals surface area contributed by atoms with Gasteiger partial charge in [0.15, 0.2) is 11.5 Å². The maximum absolute atomic E-state index is 5.39. The number of rotatable bonds is 3. The van der Waals surface area contributed by atoms with Gasteiger partial charge in [-0.1, -0.05) is 0 Å². The van der Waals surface area contributed by atoms with Crippen LogP contribution in [-0.4, -0.2) is 40.4 Å². The molecule has 1 atom stereocenters. The monoisotopic (exact) mass is 262 g/mol.